The fourth-order valence-electron chi connectivity index (χ4n) is 2.31. The lowest BCUT2D eigenvalue weighted by atomic mass is 9.84. The molecular weight excluding hydrogens is 214 g/mol. The highest BCUT2D eigenvalue weighted by Gasteiger charge is 2.28. The van der Waals surface area contributed by atoms with E-state index in [9.17, 15) is 4.79 Å². The number of aryl methyl sites for hydroxylation is 1. The second kappa shape index (κ2) is 5.27. The average molecular weight is 233 g/mol. The summed E-state index contributed by atoms with van der Waals surface area (Å²) in [4.78, 5) is 16.1. The number of pyridine rings is 1. The molecule has 1 saturated carbocycles. The molecule has 0 saturated heterocycles. The van der Waals surface area contributed by atoms with Gasteiger partial charge < -0.3 is 11.1 Å². The first-order chi connectivity index (χ1) is 8.18. The van der Waals surface area contributed by atoms with E-state index >= 15 is 0 Å². The van der Waals surface area contributed by atoms with Gasteiger partial charge >= 0.3 is 0 Å². The molecule has 1 aromatic rings. The Kier molecular flexibility index (Phi) is 3.74. The van der Waals surface area contributed by atoms with Crippen LogP contribution in [0.4, 0.5) is 5.69 Å². The number of rotatable bonds is 2. The molecule has 3 N–H and O–H groups in total. The van der Waals surface area contributed by atoms with E-state index in [0.29, 0.717) is 0 Å². The Labute approximate surface area is 102 Å². The third-order valence-electron chi connectivity index (χ3n) is 3.45. The SMILES string of the molecule is Cc1ccncc1NC(=O)C1CCCCC1N. The Balaban J connectivity index is 2.03. The summed E-state index contributed by atoms with van der Waals surface area (Å²) in [6, 6.07) is 1.89. The Morgan fingerprint density at radius 2 is 2.24 bits per heavy atom. The van der Waals surface area contributed by atoms with Gasteiger partial charge in [0.05, 0.1) is 17.8 Å². The number of amides is 1. The molecule has 2 rings (SSSR count). The van der Waals surface area contributed by atoms with Crippen LogP contribution in [0.5, 0.6) is 0 Å². The van der Waals surface area contributed by atoms with Crippen LogP contribution in [0, 0.1) is 12.8 Å². The van der Waals surface area contributed by atoms with Gasteiger partial charge in [-0.15, -0.1) is 0 Å². The highest BCUT2D eigenvalue weighted by Crippen LogP contribution is 2.24. The molecule has 1 heterocycles. The predicted molar refractivity (Wildman–Crippen MR) is 67.5 cm³/mol. The second-order valence-electron chi connectivity index (χ2n) is 4.73. The number of carbonyl (C=O) groups excluding carboxylic acids is 1. The summed E-state index contributed by atoms with van der Waals surface area (Å²) in [7, 11) is 0. The van der Waals surface area contributed by atoms with Gasteiger partial charge in [0.25, 0.3) is 0 Å². The van der Waals surface area contributed by atoms with Gasteiger partial charge in [-0.05, 0) is 31.4 Å². The lowest BCUT2D eigenvalue weighted by Gasteiger charge is -2.27. The number of nitrogens with one attached hydrogen (secondary N) is 1. The Morgan fingerprint density at radius 3 is 2.94 bits per heavy atom. The molecule has 0 radical (unpaired) electrons. The van der Waals surface area contributed by atoms with Crippen LogP contribution >= 0.6 is 0 Å². The highest BCUT2D eigenvalue weighted by atomic mass is 16.1. The molecule has 0 aliphatic heterocycles. The van der Waals surface area contributed by atoms with Crippen molar-refractivity contribution in [2.75, 3.05) is 5.32 Å². The van der Waals surface area contributed by atoms with Crippen LogP contribution in [-0.2, 0) is 4.79 Å². The quantitative estimate of drug-likeness (QED) is 0.819. The number of hydrogen-bond donors (Lipinski definition) is 2. The lowest BCUT2D eigenvalue weighted by molar-refractivity contribution is -0.121. The van der Waals surface area contributed by atoms with E-state index in [-0.39, 0.29) is 17.9 Å². The van der Waals surface area contributed by atoms with Gasteiger partial charge in [-0.2, -0.15) is 0 Å². The maximum Gasteiger partial charge on any atom is 0.229 e. The van der Waals surface area contributed by atoms with Crippen molar-refractivity contribution < 1.29 is 4.79 Å². The molecule has 2 atom stereocenters. The van der Waals surface area contributed by atoms with Gasteiger partial charge in [0.1, 0.15) is 0 Å². The first kappa shape index (κ1) is 12.0. The molecular formula is C13H19N3O. The van der Waals surface area contributed by atoms with Crippen LogP contribution in [0.15, 0.2) is 18.5 Å². The number of carbonyl (C=O) groups is 1. The van der Waals surface area contributed by atoms with Crippen molar-refractivity contribution in [3.63, 3.8) is 0 Å². The first-order valence-electron chi connectivity index (χ1n) is 6.15. The maximum absolute atomic E-state index is 12.1. The molecule has 2 unspecified atom stereocenters. The zero-order valence-corrected chi connectivity index (χ0v) is 10.1. The molecule has 92 valence electrons. The van der Waals surface area contributed by atoms with Crippen molar-refractivity contribution in [2.45, 2.75) is 38.6 Å². The molecule has 1 aliphatic carbocycles. The van der Waals surface area contributed by atoms with E-state index in [0.717, 1.165) is 36.9 Å². The summed E-state index contributed by atoms with van der Waals surface area (Å²) < 4.78 is 0. The van der Waals surface area contributed by atoms with Crippen molar-refractivity contribution in [3.8, 4) is 0 Å². The third-order valence-corrected chi connectivity index (χ3v) is 3.45. The van der Waals surface area contributed by atoms with E-state index < -0.39 is 0 Å². The van der Waals surface area contributed by atoms with Crippen molar-refractivity contribution in [1.29, 1.82) is 0 Å². The molecule has 1 amide bonds. The Morgan fingerprint density at radius 1 is 1.47 bits per heavy atom. The molecule has 1 fully saturated rings. The van der Waals surface area contributed by atoms with Crippen LogP contribution in [0.25, 0.3) is 0 Å². The van der Waals surface area contributed by atoms with Crippen LogP contribution in [-0.4, -0.2) is 16.9 Å². The number of nitrogens with two attached hydrogens (primary N) is 1. The summed E-state index contributed by atoms with van der Waals surface area (Å²) in [5.41, 5.74) is 7.81. The molecule has 4 heteroatoms. The van der Waals surface area contributed by atoms with E-state index in [1.54, 1.807) is 12.4 Å². The minimum Gasteiger partial charge on any atom is -0.327 e. The number of aromatic nitrogens is 1. The van der Waals surface area contributed by atoms with Gasteiger partial charge in [0.2, 0.25) is 5.91 Å². The van der Waals surface area contributed by atoms with Crippen molar-refractivity contribution in [1.82, 2.24) is 4.98 Å². The number of hydrogen-bond acceptors (Lipinski definition) is 3. The fraction of sp³-hybridized carbons (Fsp3) is 0.538. The summed E-state index contributed by atoms with van der Waals surface area (Å²) in [6.07, 6.45) is 7.48. The van der Waals surface area contributed by atoms with Gasteiger partial charge in [-0.3, -0.25) is 9.78 Å². The second-order valence-corrected chi connectivity index (χ2v) is 4.73. The van der Waals surface area contributed by atoms with Crippen molar-refractivity contribution in [3.05, 3.63) is 24.0 Å². The minimum absolute atomic E-state index is 0.000674. The van der Waals surface area contributed by atoms with Gasteiger partial charge in [-0.1, -0.05) is 12.8 Å². The third kappa shape index (κ3) is 2.82. The molecule has 0 spiro atoms. The summed E-state index contributed by atoms with van der Waals surface area (Å²) in [5.74, 6) is -0.0170. The van der Waals surface area contributed by atoms with E-state index in [1.165, 1.54) is 0 Å². The van der Waals surface area contributed by atoms with Gasteiger partial charge in [0, 0.05) is 12.2 Å². The monoisotopic (exact) mass is 233 g/mol. The smallest absolute Gasteiger partial charge is 0.229 e. The van der Waals surface area contributed by atoms with Crippen LogP contribution in [0.1, 0.15) is 31.2 Å². The average Bonchev–Trinajstić information content (AvgIpc) is 2.32. The number of nitrogens with zero attached hydrogens (tertiary/aromatic N) is 1. The molecule has 17 heavy (non-hydrogen) atoms. The molecule has 1 aromatic heterocycles. The topological polar surface area (TPSA) is 68.0 Å². The lowest BCUT2D eigenvalue weighted by Crippen LogP contribution is -2.40. The van der Waals surface area contributed by atoms with Crippen molar-refractivity contribution >= 4 is 11.6 Å². The maximum atomic E-state index is 12.1. The molecule has 0 aromatic carbocycles. The van der Waals surface area contributed by atoms with Crippen LogP contribution in [0.2, 0.25) is 0 Å². The standard InChI is InChI=1S/C13H19N3O/c1-9-6-7-15-8-12(9)16-13(17)10-4-2-3-5-11(10)14/h6-8,10-11H,2-5,14H2,1H3,(H,16,17). The zero-order valence-electron chi connectivity index (χ0n) is 10.1. The largest absolute Gasteiger partial charge is 0.327 e. The first-order valence-corrected chi connectivity index (χ1v) is 6.15. The molecule has 1 aliphatic rings. The molecule has 4 nitrogen and oxygen atoms in total. The van der Waals surface area contributed by atoms with E-state index in [1.807, 2.05) is 13.0 Å². The van der Waals surface area contributed by atoms with E-state index in [2.05, 4.69) is 10.3 Å². The Hall–Kier alpha value is -1.42. The predicted octanol–water partition coefficient (Wildman–Crippen LogP) is 1.85. The normalized spacial score (nSPS) is 24.4. The van der Waals surface area contributed by atoms with E-state index in [4.69, 9.17) is 5.73 Å². The van der Waals surface area contributed by atoms with Crippen LogP contribution < -0.4 is 11.1 Å². The van der Waals surface area contributed by atoms with Crippen LogP contribution in [0.3, 0.4) is 0 Å². The summed E-state index contributed by atoms with van der Waals surface area (Å²) in [6.45, 7) is 1.96. The zero-order chi connectivity index (χ0) is 12.3. The fourth-order valence-corrected chi connectivity index (χ4v) is 2.31. The van der Waals surface area contributed by atoms with Gasteiger partial charge in [0.15, 0.2) is 0 Å². The summed E-state index contributed by atoms with van der Waals surface area (Å²) >= 11 is 0. The summed E-state index contributed by atoms with van der Waals surface area (Å²) in [5, 5.41) is 2.93. The van der Waals surface area contributed by atoms with Gasteiger partial charge in [-0.25, -0.2) is 0 Å². The number of anilines is 1. The highest BCUT2D eigenvalue weighted by molar-refractivity contribution is 5.93. The molecule has 0 bridgehead atoms. The van der Waals surface area contributed by atoms with Crippen molar-refractivity contribution in [2.24, 2.45) is 11.7 Å². The minimum atomic E-state index is -0.0524. The Bertz CT molecular complexity index is 405.